The highest BCUT2D eigenvalue weighted by molar-refractivity contribution is 14.0. The molecule has 0 amide bonds. The van der Waals surface area contributed by atoms with Gasteiger partial charge >= 0.3 is 0 Å². The molecule has 7 heteroatoms. The van der Waals surface area contributed by atoms with E-state index in [2.05, 4.69) is 39.2 Å². The number of rotatable bonds is 6. The van der Waals surface area contributed by atoms with Crippen LogP contribution in [0.2, 0.25) is 0 Å². The van der Waals surface area contributed by atoms with Crippen LogP contribution in [-0.4, -0.2) is 73.3 Å². The highest BCUT2D eigenvalue weighted by atomic mass is 127. The Morgan fingerprint density at radius 3 is 2.44 bits per heavy atom. The molecule has 5 nitrogen and oxygen atoms in total. The number of guanidine groups is 1. The Morgan fingerprint density at radius 2 is 1.88 bits per heavy atom. The first-order valence-corrected chi connectivity index (χ1v) is 10.7. The Balaban J connectivity index is 0.00000225. The summed E-state index contributed by atoms with van der Waals surface area (Å²) in [4.78, 5) is 7.13. The number of hydrogen-bond acceptors (Lipinski definition) is 4. The zero-order valence-electron chi connectivity index (χ0n) is 15.8. The van der Waals surface area contributed by atoms with Crippen molar-refractivity contribution in [1.29, 1.82) is 0 Å². The molecule has 0 unspecified atom stereocenters. The van der Waals surface area contributed by atoms with E-state index in [-0.39, 0.29) is 24.0 Å². The van der Waals surface area contributed by atoms with Crippen LogP contribution in [0.25, 0.3) is 0 Å². The Hall–Kier alpha value is 0.270. The SMILES string of the molecule is CCSC1(CNC(=NC)NC2CCN(C3CC3)CC2)CCOCC1.I. The van der Waals surface area contributed by atoms with Crippen molar-refractivity contribution in [3.8, 4) is 0 Å². The number of ether oxygens (including phenoxy) is 1. The average Bonchev–Trinajstić information content (AvgIpc) is 3.45. The van der Waals surface area contributed by atoms with Crippen LogP contribution in [0.1, 0.15) is 45.4 Å². The normalized spacial score (nSPS) is 25.3. The molecule has 2 aliphatic heterocycles. The third-order valence-corrected chi connectivity index (χ3v) is 7.04. The molecule has 25 heavy (non-hydrogen) atoms. The zero-order valence-corrected chi connectivity index (χ0v) is 18.9. The molecule has 0 aromatic rings. The van der Waals surface area contributed by atoms with Crippen molar-refractivity contribution in [3.63, 3.8) is 0 Å². The molecule has 0 spiro atoms. The second-order valence-electron chi connectivity index (χ2n) is 7.34. The van der Waals surface area contributed by atoms with Gasteiger partial charge in [0.25, 0.3) is 0 Å². The predicted molar refractivity (Wildman–Crippen MR) is 118 cm³/mol. The number of aliphatic imine (C=N–C) groups is 1. The van der Waals surface area contributed by atoms with Crippen molar-refractivity contribution in [2.75, 3.05) is 45.6 Å². The van der Waals surface area contributed by atoms with Crippen molar-refractivity contribution in [1.82, 2.24) is 15.5 Å². The van der Waals surface area contributed by atoms with Crippen LogP contribution in [0.15, 0.2) is 4.99 Å². The van der Waals surface area contributed by atoms with Gasteiger partial charge in [0, 0.05) is 56.7 Å². The van der Waals surface area contributed by atoms with Crippen LogP contribution in [-0.2, 0) is 4.74 Å². The van der Waals surface area contributed by atoms with Gasteiger partial charge in [0.1, 0.15) is 0 Å². The van der Waals surface area contributed by atoms with Gasteiger partial charge < -0.3 is 20.3 Å². The van der Waals surface area contributed by atoms with Crippen LogP contribution in [0.3, 0.4) is 0 Å². The van der Waals surface area contributed by atoms with E-state index in [0.717, 1.165) is 50.4 Å². The molecule has 1 saturated carbocycles. The minimum atomic E-state index is 0. The lowest BCUT2D eigenvalue weighted by atomic mass is 9.99. The number of halogens is 1. The topological polar surface area (TPSA) is 48.9 Å². The van der Waals surface area contributed by atoms with Crippen molar-refractivity contribution in [3.05, 3.63) is 0 Å². The van der Waals surface area contributed by atoms with Crippen LogP contribution >= 0.6 is 35.7 Å². The molecule has 0 bridgehead atoms. The maximum absolute atomic E-state index is 5.57. The molecule has 2 heterocycles. The highest BCUT2D eigenvalue weighted by Gasteiger charge is 2.34. The summed E-state index contributed by atoms with van der Waals surface area (Å²) in [7, 11) is 1.89. The van der Waals surface area contributed by atoms with Gasteiger partial charge in [-0.15, -0.1) is 24.0 Å². The van der Waals surface area contributed by atoms with Gasteiger partial charge in [-0.2, -0.15) is 11.8 Å². The fourth-order valence-electron chi connectivity index (χ4n) is 3.90. The lowest BCUT2D eigenvalue weighted by molar-refractivity contribution is 0.0781. The minimum absolute atomic E-state index is 0. The molecule has 1 aliphatic carbocycles. The van der Waals surface area contributed by atoms with E-state index in [1.807, 2.05) is 7.05 Å². The summed E-state index contributed by atoms with van der Waals surface area (Å²) in [5, 5.41) is 7.26. The van der Waals surface area contributed by atoms with Crippen molar-refractivity contribution in [2.24, 2.45) is 4.99 Å². The van der Waals surface area contributed by atoms with E-state index in [4.69, 9.17) is 4.74 Å². The Labute approximate surface area is 174 Å². The second-order valence-corrected chi connectivity index (χ2v) is 9.07. The molecule has 0 atom stereocenters. The smallest absolute Gasteiger partial charge is 0.191 e. The first-order chi connectivity index (χ1) is 11.7. The van der Waals surface area contributed by atoms with Gasteiger partial charge in [0.15, 0.2) is 5.96 Å². The Kier molecular flexibility index (Phi) is 9.11. The van der Waals surface area contributed by atoms with Gasteiger partial charge in [0.05, 0.1) is 0 Å². The highest BCUT2D eigenvalue weighted by Crippen LogP contribution is 2.34. The van der Waals surface area contributed by atoms with E-state index >= 15 is 0 Å². The first kappa shape index (κ1) is 21.6. The van der Waals surface area contributed by atoms with Crippen molar-refractivity contribution in [2.45, 2.75) is 62.3 Å². The zero-order chi connectivity index (χ0) is 16.8. The number of nitrogens with one attached hydrogen (secondary N) is 2. The van der Waals surface area contributed by atoms with Crippen LogP contribution in [0.4, 0.5) is 0 Å². The molecular formula is C18H35IN4OS. The van der Waals surface area contributed by atoms with E-state index < -0.39 is 0 Å². The standard InChI is InChI=1S/C18H34N4OS.HI/c1-3-24-18(8-12-23-13-9-18)14-20-17(19-2)21-15-6-10-22(11-7-15)16-4-5-16;/h15-16H,3-14H2,1-2H3,(H2,19,20,21);1H. The fraction of sp³-hybridized carbons (Fsp3) is 0.944. The summed E-state index contributed by atoms with van der Waals surface area (Å²) < 4.78 is 5.87. The third kappa shape index (κ3) is 6.43. The third-order valence-electron chi connectivity index (χ3n) is 5.59. The number of nitrogens with zero attached hydrogens (tertiary/aromatic N) is 2. The summed E-state index contributed by atoms with van der Waals surface area (Å²) >= 11 is 2.08. The molecule has 0 aromatic heterocycles. The van der Waals surface area contributed by atoms with E-state index in [1.165, 1.54) is 38.8 Å². The molecule has 3 rings (SSSR count). The van der Waals surface area contributed by atoms with Gasteiger partial charge in [-0.05, 0) is 44.3 Å². The molecule has 146 valence electrons. The minimum Gasteiger partial charge on any atom is -0.381 e. The first-order valence-electron chi connectivity index (χ1n) is 9.67. The number of hydrogen-bond donors (Lipinski definition) is 2. The van der Waals surface area contributed by atoms with Gasteiger partial charge in [-0.1, -0.05) is 6.92 Å². The molecular weight excluding hydrogens is 447 g/mol. The molecule has 3 aliphatic rings. The summed E-state index contributed by atoms with van der Waals surface area (Å²) in [5.74, 6) is 2.13. The average molecular weight is 482 g/mol. The molecule has 2 saturated heterocycles. The number of piperidine rings is 1. The maximum atomic E-state index is 5.57. The molecule has 0 aromatic carbocycles. The lowest BCUT2D eigenvalue weighted by Gasteiger charge is -2.37. The lowest BCUT2D eigenvalue weighted by Crippen LogP contribution is -2.52. The number of likely N-dealkylation sites (tertiary alicyclic amines) is 1. The molecule has 3 fully saturated rings. The van der Waals surface area contributed by atoms with Gasteiger partial charge in [0.2, 0.25) is 0 Å². The predicted octanol–water partition coefficient (Wildman–Crippen LogP) is 2.70. The Morgan fingerprint density at radius 1 is 1.20 bits per heavy atom. The fourth-order valence-corrected chi connectivity index (χ4v) is 5.15. The summed E-state index contributed by atoms with van der Waals surface area (Å²) in [6.07, 6.45) is 7.58. The van der Waals surface area contributed by atoms with Crippen LogP contribution in [0, 0.1) is 0 Å². The monoisotopic (exact) mass is 482 g/mol. The van der Waals surface area contributed by atoms with Crippen LogP contribution in [0.5, 0.6) is 0 Å². The van der Waals surface area contributed by atoms with E-state index in [0.29, 0.717) is 10.8 Å². The van der Waals surface area contributed by atoms with Gasteiger partial charge in [-0.3, -0.25) is 4.99 Å². The maximum Gasteiger partial charge on any atom is 0.191 e. The van der Waals surface area contributed by atoms with E-state index in [1.54, 1.807) is 0 Å². The molecule has 0 radical (unpaired) electrons. The van der Waals surface area contributed by atoms with Crippen LogP contribution < -0.4 is 10.6 Å². The quantitative estimate of drug-likeness (QED) is 0.347. The summed E-state index contributed by atoms with van der Waals surface area (Å²) in [6.45, 7) is 7.50. The summed E-state index contributed by atoms with van der Waals surface area (Å²) in [5.41, 5.74) is 0. The van der Waals surface area contributed by atoms with Crippen molar-refractivity contribution >= 4 is 41.7 Å². The molecule has 2 N–H and O–H groups in total. The Bertz CT molecular complexity index is 414. The number of thioether (sulfide) groups is 1. The largest absolute Gasteiger partial charge is 0.381 e. The summed E-state index contributed by atoms with van der Waals surface area (Å²) in [6, 6.07) is 1.47. The second kappa shape index (κ2) is 10.6. The van der Waals surface area contributed by atoms with Gasteiger partial charge in [-0.25, -0.2) is 0 Å². The van der Waals surface area contributed by atoms with E-state index in [9.17, 15) is 0 Å². The van der Waals surface area contributed by atoms with Crippen molar-refractivity contribution < 1.29 is 4.74 Å².